The van der Waals surface area contributed by atoms with Gasteiger partial charge in [-0.05, 0) is 44.6 Å². The van der Waals surface area contributed by atoms with Gasteiger partial charge in [0.15, 0.2) is 11.6 Å². The minimum atomic E-state index is -8.13. The van der Waals surface area contributed by atoms with Crippen LogP contribution in [-0.4, -0.2) is 53.6 Å². The maximum absolute atomic E-state index is 16.6. The van der Waals surface area contributed by atoms with E-state index in [0.29, 0.717) is 0 Å². The highest BCUT2D eigenvalue weighted by molar-refractivity contribution is 6.21. The number of ether oxygens (including phenoxy) is 1. The number of ketones is 3. The number of allylic oxidation sites excluding steroid dienone is 4. The van der Waals surface area contributed by atoms with Gasteiger partial charge in [0.1, 0.15) is 5.41 Å². The predicted molar refractivity (Wildman–Crippen MR) is 116 cm³/mol. The molecule has 0 aliphatic heterocycles. The minimum absolute atomic E-state index is 0.182. The van der Waals surface area contributed by atoms with Crippen LogP contribution in [0.1, 0.15) is 25.7 Å². The third-order valence-electron chi connectivity index (χ3n) is 6.32. The molecule has 0 aromatic carbocycles. The second kappa shape index (κ2) is 14.7. The highest BCUT2D eigenvalue weighted by atomic mass is 19.4. The predicted octanol–water partition coefficient (Wildman–Crippen LogP) is 8.25. The van der Waals surface area contributed by atoms with Crippen LogP contribution in [0.2, 0.25) is 0 Å². The molecule has 0 aliphatic carbocycles. The standard InChI is InChI=1S/C23H17F17O7/c1-4-11(41)16(12(42)5-2,9-7-8-10-17(26,27)28)18(29,13(43)6-3)14(24)15(25)44-20(30,31)19(21(32,33)45-38,22(34,35)46-39)23(36,37)47-40/h4-6H,1-3,7-10H2. The number of alkyl halides is 12. The number of rotatable bonds is 21. The summed E-state index contributed by atoms with van der Waals surface area (Å²) >= 11 is 0. The number of hydrogen-bond acceptors (Lipinski definition) is 7. The molecule has 270 valence electrons. The second-order valence-corrected chi connectivity index (χ2v) is 8.83. The van der Waals surface area contributed by atoms with E-state index in [-0.39, 0.29) is 12.2 Å². The summed E-state index contributed by atoms with van der Waals surface area (Å²) in [6.45, 7) is 7.97. The van der Waals surface area contributed by atoms with Gasteiger partial charge in [0, 0.05) is 6.42 Å². The Bertz CT molecular complexity index is 1180. The van der Waals surface area contributed by atoms with Gasteiger partial charge in [-0.1, -0.05) is 26.2 Å². The average Bonchev–Trinajstić information content (AvgIpc) is 2.97. The third-order valence-corrected chi connectivity index (χ3v) is 6.32. The molecule has 0 spiro atoms. The fourth-order valence-corrected chi connectivity index (χ4v) is 4.15. The Kier molecular flexibility index (Phi) is 13.6. The molecule has 0 bridgehead atoms. The van der Waals surface area contributed by atoms with Crippen LogP contribution >= 0.6 is 0 Å². The van der Waals surface area contributed by atoms with Crippen molar-refractivity contribution >= 4 is 17.3 Å². The first-order valence-electron chi connectivity index (χ1n) is 11.5. The summed E-state index contributed by atoms with van der Waals surface area (Å²) in [6, 6.07) is -4.47. The number of carbonyl (C=O) groups excluding carboxylic acids is 3. The van der Waals surface area contributed by atoms with E-state index in [4.69, 9.17) is 0 Å². The first kappa shape index (κ1) is 43.5. The monoisotopic (exact) mass is 728 g/mol. The van der Waals surface area contributed by atoms with Gasteiger partial charge in [0.25, 0.3) is 0 Å². The van der Waals surface area contributed by atoms with E-state index >= 15 is 8.78 Å². The lowest BCUT2D eigenvalue weighted by Crippen LogP contribution is -2.73. The molecule has 0 N–H and O–H groups in total. The summed E-state index contributed by atoms with van der Waals surface area (Å²) in [7, 11) is 0. The van der Waals surface area contributed by atoms with Crippen molar-refractivity contribution < 1.29 is 109 Å². The Morgan fingerprint density at radius 1 is 0.553 bits per heavy atom. The van der Waals surface area contributed by atoms with Crippen LogP contribution < -0.4 is 0 Å². The zero-order valence-electron chi connectivity index (χ0n) is 22.5. The molecule has 0 saturated heterocycles. The Hall–Kier alpha value is -3.54. The molecule has 0 fully saturated rings. The van der Waals surface area contributed by atoms with Crippen LogP contribution in [0.3, 0.4) is 0 Å². The van der Waals surface area contributed by atoms with E-state index in [9.17, 15) is 80.6 Å². The zero-order chi connectivity index (χ0) is 37.7. The van der Waals surface area contributed by atoms with E-state index in [1.54, 1.807) is 0 Å². The molecule has 7 nitrogen and oxygen atoms in total. The summed E-state index contributed by atoms with van der Waals surface area (Å²) < 4.78 is 238. The van der Waals surface area contributed by atoms with Crippen molar-refractivity contribution in [1.29, 1.82) is 0 Å². The lowest BCUT2D eigenvalue weighted by atomic mass is 9.61. The molecule has 0 aromatic rings. The Labute approximate surface area is 249 Å². The second-order valence-electron chi connectivity index (χ2n) is 8.83. The zero-order valence-corrected chi connectivity index (χ0v) is 22.5. The van der Waals surface area contributed by atoms with Gasteiger partial charge >= 0.3 is 42.0 Å². The Morgan fingerprint density at radius 2 is 0.894 bits per heavy atom. The number of halogens is 17. The fraction of sp³-hybridized carbons (Fsp3) is 0.522. The molecule has 0 heterocycles. The number of unbranched alkanes of at least 4 members (excludes halogenated alkanes) is 1. The maximum Gasteiger partial charge on any atom is 0.431 e. The molecule has 0 aliphatic rings. The lowest BCUT2D eigenvalue weighted by molar-refractivity contribution is -0.606. The van der Waals surface area contributed by atoms with Gasteiger partial charge < -0.3 is 4.74 Å². The topological polar surface area (TPSA) is 88.1 Å². The average molecular weight is 728 g/mol. The molecule has 24 heteroatoms. The summed E-state index contributed by atoms with van der Waals surface area (Å²) in [6.07, 6.45) is -43.4. The van der Waals surface area contributed by atoms with Gasteiger partial charge in [-0.25, -0.2) is 8.78 Å². The summed E-state index contributed by atoms with van der Waals surface area (Å²) in [5, 5.41) is 0. The summed E-state index contributed by atoms with van der Waals surface area (Å²) in [4.78, 5) is 41.8. The molecule has 0 saturated carbocycles. The van der Waals surface area contributed by atoms with E-state index in [2.05, 4.69) is 24.5 Å². The fourth-order valence-electron chi connectivity index (χ4n) is 4.15. The van der Waals surface area contributed by atoms with Crippen molar-refractivity contribution in [2.75, 3.05) is 0 Å². The lowest BCUT2D eigenvalue weighted by Gasteiger charge is -2.45. The van der Waals surface area contributed by atoms with Crippen LogP contribution in [0.5, 0.6) is 0 Å². The molecule has 1 atom stereocenters. The van der Waals surface area contributed by atoms with Gasteiger partial charge in [0.05, 0.1) is 0 Å². The van der Waals surface area contributed by atoms with Crippen LogP contribution in [0, 0.1) is 10.8 Å². The van der Waals surface area contributed by atoms with Crippen LogP contribution in [0.25, 0.3) is 0 Å². The molecule has 47 heavy (non-hydrogen) atoms. The van der Waals surface area contributed by atoms with E-state index in [1.165, 1.54) is 14.8 Å². The smallest absolute Gasteiger partial charge is 0.403 e. The van der Waals surface area contributed by atoms with Crippen LogP contribution in [0.15, 0.2) is 49.8 Å². The quantitative estimate of drug-likeness (QED) is 0.0387. The minimum Gasteiger partial charge on any atom is -0.403 e. The maximum atomic E-state index is 16.6. The van der Waals surface area contributed by atoms with Crippen molar-refractivity contribution in [2.45, 2.75) is 62.0 Å². The normalized spacial score (nSPS) is 15.7. The molecular formula is C23H17F17O7. The van der Waals surface area contributed by atoms with Gasteiger partial charge in [-0.15, -0.1) is 14.8 Å². The third kappa shape index (κ3) is 7.17. The largest absolute Gasteiger partial charge is 0.431 e. The number of hydrogen-bond donors (Lipinski definition) is 0. The summed E-state index contributed by atoms with van der Waals surface area (Å²) in [5.41, 5.74) is -18.1. The summed E-state index contributed by atoms with van der Waals surface area (Å²) in [5.74, 6) is -11.6. The first-order valence-corrected chi connectivity index (χ1v) is 11.5. The molecular weight excluding hydrogens is 711 g/mol. The van der Waals surface area contributed by atoms with Crippen molar-refractivity contribution in [2.24, 2.45) is 10.8 Å². The van der Waals surface area contributed by atoms with Gasteiger partial charge in [0.2, 0.25) is 17.3 Å². The number of carbonyl (C=O) groups is 3. The van der Waals surface area contributed by atoms with Crippen molar-refractivity contribution in [3.63, 3.8) is 0 Å². The SMILES string of the molecule is C=CC(=O)C(F)(C(F)=C(F)OC(F)(F)C(C(F)(F)OF)(C(F)(F)OF)C(F)(F)OF)C(CCCCC(F)(F)F)(C(=O)C=C)C(=O)C=C. The van der Waals surface area contributed by atoms with E-state index in [1.807, 2.05) is 0 Å². The van der Waals surface area contributed by atoms with Crippen molar-refractivity contribution in [3.8, 4) is 0 Å². The molecule has 1 unspecified atom stereocenters. The van der Waals surface area contributed by atoms with Crippen molar-refractivity contribution in [3.05, 3.63) is 49.8 Å². The highest BCUT2D eigenvalue weighted by Crippen LogP contribution is 2.67. The molecule has 0 amide bonds. The van der Waals surface area contributed by atoms with Gasteiger partial charge in [-0.3, -0.25) is 14.4 Å². The van der Waals surface area contributed by atoms with Crippen molar-refractivity contribution in [1.82, 2.24) is 0 Å². The van der Waals surface area contributed by atoms with Crippen LogP contribution in [0.4, 0.5) is 75.0 Å². The highest BCUT2D eigenvalue weighted by Gasteiger charge is 2.97. The first-order chi connectivity index (χ1) is 21.1. The molecule has 0 radical (unpaired) electrons. The van der Waals surface area contributed by atoms with E-state index < -0.39 is 108 Å². The van der Waals surface area contributed by atoms with Crippen LogP contribution in [-0.2, 0) is 33.9 Å². The Morgan fingerprint density at radius 3 is 1.19 bits per heavy atom. The molecule has 0 rings (SSSR count). The molecule has 0 aromatic heterocycles. The van der Waals surface area contributed by atoms with E-state index in [0.717, 1.165) is 0 Å². The van der Waals surface area contributed by atoms with Gasteiger partial charge in [-0.2, -0.15) is 52.7 Å². The Balaban J connectivity index is 8.12.